The van der Waals surface area contributed by atoms with Crippen molar-refractivity contribution >= 4 is 27.4 Å². The zero-order valence-electron chi connectivity index (χ0n) is 17.9. The fourth-order valence-electron chi connectivity index (χ4n) is 3.96. The Balaban J connectivity index is 1.48. The number of urea groups is 1. The van der Waals surface area contributed by atoms with E-state index in [0.717, 1.165) is 30.4 Å². The zero-order valence-corrected chi connectivity index (χ0v) is 18.7. The van der Waals surface area contributed by atoms with Gasteiger partial charge in [-0.3, -0.25) is 4.98 Å². The molecule has 1 saturated heterocycles. The van der Waals surface area contributed by atoms with Crippen molar-refractivity contribution in [3.05, 3.63) is 84.2 Å². The zero-order chi connectivity index (χ0) is 22.6. The summed E-state index contributed by atoms with van der Waals surface area (Å²) in [5.74, 6) is 0. The molecule has 0 radical (unpaired) electrons. The van der Waals surface area contributed by atoms with Crippen LogP contribution in [0.1, 0.15) is 36.4 Å². The highest BCUT2D eigenvalue weighted by Gasteiger charge is 2.34. The monoisotopic (exact) mass is 450 g/mol. The molecule has 2 amide bonds. The van der Waals surface area contributed by atoms with E-state index < -0.39 is 10.0 Å². The number of carbonyl (C=O) groups excluding carboxylic acids is 1. The first-order chi connectivity index (χ1) is 15.4. The highest BCUT2D eigenvalue weighted by Crippen LogP contribution is 2.35. The lowest BCUT2D eigenvalue weighted by Crippen LogP contribution is -2.38. The van der Waals surface area contributed by atoms with Crippen LogP contribution in [0.15, 0.2) is 78.0 Å². The molecule has 4 rings (SSSR count). The molecule has 3 aromatic rings. The minimum Gasteiger partial charge on any atom is -0.308 e. The Hall–Kier alpha value is -3.23. The molecule has 2 heterocycles. The highest BCUT2D eigenvalue weighted by molar-refractivity contribution is 7.89. The molecule has 0 saturated carbocycles. The van der Waals surface area contributed by atoms with Gasteiger partial charge in [0.1, 0.15) is 0 Å². The molecular formula is C24H26N4O3S. The molecule has 0 aliphatic carbocycles. The second-order valence-electron chi connectivity index (χ2n) is 7.89. The number of rotatable bonds is 5. The van der Waals surface area contributed by atoms with E-state index in [-0.39, 0.29) is 17.0 Å². The number of benzene rings is 2. The number of piperidine rings is 1. The minimum absolute atomic E-state index is 0.206. The predicted molar refractivity (Wildman–Crippen MR) is 125 cm³/mol. The van der Waals surface area contributed by atoms with E-state index in [4.69, 9.17) is 0 Å². The van der Waals surface area contributed by atoms with Crippen molar-refractivity contribution in [1.29, 1.82) is 0 Å². The van der Waals surface area contributed by atoms with Gasteiger partial charge in [0.25, 0.3) is 0 Å². The van der Waals surface area contributed by atoms with Crippen molar-refractivity contribution in [3.8, 4) is 0 Å². The van der Waals surface area contributed by atoms with Crippen molar-refractivity contribution in [2.45, 2.75) is 37.1 Å². The summed E-state index contributed by atoms with van der Waals surface area (Å²) in [6, 6.07) is 16.9. The molecule has 1 unspecified atom stereocenters. The van der Waals surface area contributed by atoms with Crippen LogP contribution >= 0.6 is 0 Å². The molecule has 0 bridgehead atoms. The Bertz CT molecular complexity index is 1180. The van der Waals surface area contributed by atoms with Gasteiger partial charge in [-0.1, -0.05) is 24.6 Å². The van der Waals surface area contributed by atoms with E-state index in [0.29, 0.717) is 17.9 Å². The second kappa shape index (κ2) is 9.50. The van der Waals surface area contributed by atoms with Crippen LogP contribution in [0.5, 0.6) is 0 Å². The molecular weight excluding hydrogens is 424 g/mol. The maximum Gasteiger partial charge on any atom is 0.323 e. The normalized spacial score (nSPS) is 17.0. The van der Waals surface area contributed by atoms with Gasteiger partial charge in [-0.05, 0) is 73.4 Å². The fourth-order valence-corrected chi connectivity index (χ4v) is 5.64. The van der Waals surface area contributed by atoms with Crippen LogP contribution in [-0.4, -0.2) is 30.3 Å². The quantitative estimate of drug-likeness (QED) is 0.575. The number of pyridine rings is 1. The standard InChI is InChI=1S/C24H26N4O3S/c1-18-6-4-8-21(16-18)27-24(29)26-20-10-12-22(13-11-20)32(30,31)28-15-3-2-9-23(28)19-7-5-14-25-17-19/h4-8,10-14,16-17,23H,2-3,9,15H2,1H3,(H2,26,27,29). The topological polar surface area (TPSA) is 91.4 Å². The Morgan fingerprint density at radius 3 is 2.50 bits per heavy atom. The van der Waals surface area contributed by atoms with E-state index in [1.54, 1.807) is 34.9 Å². The van der Waals surface area contributed by atoms with Crippen molar-refractivity contribution in [2.24, 2.45) is 0 Å². The third-order valence-electron chi connectivity index (χ3n) is 5.52. The van der Waals surface area contributed by atoms with Gasteiger partial charge in [-0.25, -0.2) is 13.2 Å². The maximum absolute atomic E-state index is 13.4. The lowest BCUT2D eigenvalue weighted by atomic mass is 9.99. The van der Waals surface area contributed by atoms with Gasteiger partial charge in [0.2, 0.25) is 10.0 Å². The second-order valence-corrected chi connectivity index (χ2v) is 9.78. The smallest absolute Gasteiger partial charge is 0.308 e. The third-order valence-corrected chi connectivity index (χ3v) is 7.44. The number of hydrogen-bond acceptors (Lipinski definition) is 4. The largest absolute Gasteiger partial charge is 0.323 e. The van der Waals surface area contributed by atoms with Gasteiger partial charge in [0.15, 0.2) is 0 Å². The van der Waals surface area contributed by atoms with Gasteiger partial charge >= 0.3 is 6.03 Å². The Morgan fingerprint density at radius 1 is 1.00 bits per heavy atom. The van der Waals surface area contributed by atoms with Crippen molar-refractivity contribution < 1.29 is 13.2 Å². The van der Waals surface area contributed by atoms with Crippen LogP contribution in [0, 0.1) is 6.92 Å². The number of anilines is 2. The molecule has 1 aliphatic heterocycles. The van der Waals surface area contributed by atoms with Crippen LogP contribution in [-0.2, 0) is 10.0 Å². The molecule has 32 heavy (non-hydrogen) atoms. The average Bonchev–Trinajstić information content (AvgIpc) is 2.80. The Morgan fingerprint density at radius 2 is 1.78 bits per heavy atom. The number of nitrogens with one attached hydrogen (secondary N) is 2. The van der Waals surface area contributed by atoms with Crippen LogP contribution in [0.25, 0.3) is 0 Å². The van der Waals surface area contributed by atoms with E-state index in [9.17, 15) is 13.2 Å². The van der Waals surface area contributed by atoms with E-state index in [1.165, 1.54) is 12.1 Å². The molecule has 166 valence electrons. The van der Waals surface area contributed by atoms with Gasteiger partial charge in [-0.15, -0.1) is 0 Å². The molecule has 7 nitrogen and oxygen atoms in total. The lowest BCUT2D eigenvalue weighted by Gasteiger charge is -2.34. The summed E-state index contributed by atoms with van der Waals surface area (Å²) in [4.78, 5) is 16.6. The summed E-state index contributed by atoms with van der Waals surface area (Å²) in [6.45, 7) is 2.42. The highest BCUT2D eigenvalue weighted by atomic mass is 32.2. The third kappa shape index (κ3) is 4.98. The van der Waals surface area contributed by atoms with Crippen LogP contribution in [0.3, 0.4) is 0 Å². The van der Waals surface area contributed by atoms with Crippen LogP contribution in [0.2, 0.25) is 0 Å². The summed E-state index contributed by atoms with van der Waals surface area (Å²) >= 11 is 0. The number of amides is 2. The van der Waals surface area contributed by atoms with Gasteiger partial charge < -0.3 is 10.6 Å². The summed E-state index contributed by atoms with van der Waals surface area (Å²) in [6.07, 6.45) is 5.99. The predicted octanol–water partition coefficient (Wildman–Crippen LogP) is 4.95. The van der Waals surface area contributed by atoms with Crippen molar-refractivity contribution in [2.75, 3.05) is 17.2 Å². The number of nitrogens with zero attached hydrogens (tertiary/aromatic N) is 2. The molecule has 2 aromatic carbocycles. The first kappa shape index (κ1) is 22.0. The van der Waals surface area contributed by atoms with Gasteiger partial charge in [-0.2, -0.15) is 4.31 Å². The summed E-state index contributed by atoms with van der Waals surface area (Å²) in [5.41, 5.74) is 3.14. The molecule has 1 aromatic heterocycles. The van der Waals surface area contributed by atoms with E-state index in [1.807, 2.05) is 37.3 Å². The number of aryl methyl sites for hydroxylation is 1. The minimum atomic E-state index is -3.68. The van der Waals surface area contributed by atoms with Gasteiger partial charge in [0, 0.05) is 30.3 Å². The average molecular weight is 451 g/mol. The molecule has 8 heteroatoms. The fraction of sp³-hybridized carbons (Fsp3) is 0.250. The Labute approximate surface area is 188 Å². The number of aromatic nitrogens is 1. The first-order valence-corrected chi connectivity index (χ1v) is 12.0. The first-order valence-electron chi connectivity index (χ1n) is 10.6. The molecule has 0 spiro atoms. The van der Waals surface area contributed by atoms with Crippen molar-refractivity contribution in [3.63, 3.8) is 0 Å². The van der Waals surface area contributed by atoms with E-state index in [2.05, 4.69) is 15.6 Å². The maximum atomic E-state index is 13.4. The molecule has 2 N–H and O–H groups in total. The Kier molecular flexibility index (Phi) is 6.53. The summed E-state index contributed by atoms with van der Waals surface area (Å²) in [7, 11) is -3.68. The van der Waals surface area contributed by atoms with Crippen molar-refractivity contribution in [1.82, 2.24) is 9.29 Å². The number of carbonyl (C=O) groups is 1. The summed E-state index contributed by atoms with van der Waals surface area (Å²) < 4.78 is 28.3. The lowest BCUT2D eigenvalue weighted by molar-refractivity contribution is 0.255. The van der Waals surface area contributed by atoms with E-state index >= 15 is 0 Å². The molecule has 1 fully saturated rings. The molecule has 1 atom stereocenters. The van der Waals surface area contributed by atoms with Crippen LogP contribution < -0.4 is 10.6 Å². The molecule has 1 aliphatic rings. The summed E-state index contributed by atoms with van der Waals surface area (Å²) in [5, 5.41) is 5.51. The van der Waals surface area contributed by atoms with Gasteiger partial charge in [0.05, 0.1) is 10.9 Å². The SMILES string of the molecule is Cc1cccc(NC(=O)Nc2ccc(S(=O)(=O)N3CCCCC3c3cccnc3)cc2)c1. The van der Waals surface area contributed by atoms with Crippen LogP contribution in [0.4, 0.5) is 16.2 Å². The number of sulfonamides is 1. The number of hydrogen-bond donors (Lipinski definition) is 2.